The van der Waals surface area contributed by atoms with Gasteiger partial charge in [-0.15, -0.1) is 5.10 Å². The van der Waals surface area contributed by atoms with E-state index in [9.17, 15) is 9.59 Å². The van der Waals surface area contributed by atoms with Gasteiger partial charge in [0.1, 0.15) is 11.4 Å². The van der Waals surface area contributed by atoms with Crippen LogP contribution in [0.4, 0.5) is 11.6 Å². The fourth-order valence-electron chi connectivity index (χ4n) is 1.87. The highest BCUT2D eigenvalue weighted by atomic mass is 16.2. The van der Waals surface area contributed by atoms with Crippen molar-refractivity contribution >= 4 is 23.5 Å². The van der Waals surface area contributed by atoms with Gasteiger partial charge in [0.25, 0.3) is 11.8 Å². The number of aromatic nitrogens is 2. The third kappa shape index (κ3) is 2.86. The summed E-state index contributed by atoms with van der Waals surface area (Å²) in [6, 6.07) is 8.43. The maximum Gasteiger partial charge on any atom is 0.280 e. The van der Waals surface area contributed by atoms with Crippen LogP contribution in [0.1, 0.15) is 34.6 Å². The van der Waals surface area contributed by atoms with Gasteiger partial charge >= 0.3 is 0 Å². The van der Waals surface area contributed by atoms with Crippen molar-refractivity contribution < 1.29 is 9.59 Å². The largest absolute Gasteiger partial charge is 0.383 e. The van der Waals surface area contributed by atoms with Crippen molar-refractivity contribution in [2.75, 3.05) is 11.5 Å². The number of benzene rings is 1. The molecule has 0 radical (unpaired) electrons. The van der Waals surface area contributed by atoms with E-state index in [4.69, 9.17) is 11.5 Å². The number of nitrogen functional groups attached to an aromatic ring is 2. The van der Waals surface area contributed by atoms with Crippen molar-refractivity contribution in [2.45, 2.75) is 19.9 Å². The SMILES string of the molecule is CC(C)NC(=O)c1c(N)nn(C(=O)c2ccccc2)c1N. The second kappa shape index (κ2) is 5.66. The molecule has 0 aliphatic rings. The average Bonchev–Trinajstić information content (AvgIpc) is 2.73. The van der Waals surface area contributed by atoms with E-state index in [1.807, 2.05) is 13.8 Å². The number of carbonyl (C=O) groups excluding carboxylic acids is 2. The molecule has 7 heteroatoms. The molecule has 1 aromatic carbocycles. The molecule has 0 aliphatic heterocycles. The molecule has 2 aromatic rings. The van der Waals surface area contributed by atoms with Gasteiger partial charge in [0.2, 0.25) is 0 Å². The smallest absolute Gasteiger partial charge is 0.280 e. The summed E-state index contributed by atoms with van der Waals surface area (Å²) in [5.74, 6) is -1.04. The van der Waals surface area contributed by atoms with Crippen LogP contribution in [0, 0.1) is 0 Å². The van der Waals surface area contributed by atoms with E-state index < -0.39 is 11.8 Å². The highest BCUT2D eigenvalue weighted by molar-refractivity contribution is 6.06. The van der Waals surface area contributed by atoms with E-state index in [2.05, 4.69) is 10.4 Å². The molecule has 7 nitrogen and oxygen atoms in total. The van der Waals surface area contributed by atoms with Crippen molar-refractivity contribution in [2.24, 2.45) is 0 Å². The van der Waals surface area contributed by atoms with Gasteiger partial charge < -0.3 is 16.8 Å². The molecule has 2 rings (SSSR count). The zero-order chi connectivity index (χ0) is 15.6. The molecule has 0 bridgehead atoms. The molecule has 0 saturated heterocycles. The Kier molecular flexibility index (Phi) is 3.93. The fraction of sp³-hybridized carbons (Fsp3) is 0.214. The predicted octanol–water partition coefficient (Wildman–Crippen LogP) is 0.874. The lowest BCUT2D eigenvalue weighted by molar-refractivity contribution is 0.0944. The second-order valence-electron chi connectivity index (χ2n) is 4.86. The van der Waals surface area contributed by atoms with Crippen LogP contribution >= 0.6 is 0 Å². The minimum absolute atomic E-state index is 0.0213. The number of hydrogen-bond donors (Lipinski definition) is 3. The monoisotopic (exact) mass is 287 g/mol. The Morgan fingerprint density at radius 2 is 1.81 bits per heavy atom. The summed E-state index contributed by atoms with van der Waals surface area (Å²) < 4.78 is 0.944. The molecular weight excluding hydrogens is 270 g/mol. The van der Waals surface area contributed by atoms with E-state index >= 15 is 0 Å². The molecule has 1 heterocycles. The van der Waals surface area contributed by atoms with E-state index in [1.165, 1.54) is 0 Å². The third-order valence-corrected chi connectivity index (χ3v) is 2.81. The Labute approximate surface area is 121 Å². The first-order valence-electron chi connectivity index (χ1n) is 6.46. The molecule has 1 amide bonds. The first-order valence-corrected chi connectivity index (χ1v) is 6.46. The highest BCUT2D eigenvalue weighted by Gasteiger charge is 2.24. The van der Waals surface area contributed by atoms with Crippen LogP contribution in [0.15, 0.2) is 30.3 Å². The maximum absolute atomic E-state index is 12.3. The molecule has 5 N–H and O–H groups in total. The quantitative estimate of drug-likeness (QED) is 0.774. The van der Waals surface area contributed by atoms with E-state index in [1.54, 1.807) is 30.3 Å². The fourth-order valence-corrected chi connectivity index (χ4v) is 1.87. The summed E-state index contributed by atoms with van der Waals surface area (Å²) in [4.78, 5) is 24.3. The van der Waals surface area contributed by atoms with E-state index in [0.29, 0.717) is 5.56 Å². The normalized spacial score (nSPS) is 10.6. The Balaban J connectivity index is 2.40. The predicted molar refractivity (Wildman–Crippen MR) is 79.8 cm³/mol. The third-order valence-electron chi connectivity index (χ3n) is 2.81. The van der Waals surface area contributed by atoms with Crippen molar-refractivity contribution in [3.63, 3.8) is 0 Å². The van der Waals surface area contributed by atoms with Crippen molar-refractivity contribution in [1.29, 1.82) is 0 Å². The first kappa shape index (κ1) is 14.6. The van der Waals surface area contributed by atoms with Gasteiger partial charge in [-0.2, -0.15) is 4.68 Å². The summed E-state index contributed by atoms with van der Waals surface area (Å²) in [6.07, 6.45) is 0. The van der Waals surface area contributed by atoms with Gasteiger partial charge in [0.15, 0.2) is 5.82 Å². The molecule has 0 aliphatic carbocycles. The Bertz CT molecular complexity index is 676. The minimum Gasteiger partial charge on any atom is -0.383 e. The summed E-state index contributed by atoms with van der Waals surface area (Å²) in [5, 5.41) is 6.54. The zero-order valence-electron chi connectivity index (χ0n) is 11.8. The molecule has 0 unspecified atom stereocenters. The molecule has 0 spiro atoms. The Hall–Kier alpha value is -2.83. The lowest BCUT2D eigenvalue weighted by atomic mass is 10.2. The molecule has 21 heavy (non-hydrogen) atoms. The second-order valence-corrected chi connectivity index (χ2v) is 4.86. The van der Waals surface area contributed by atoms with Gasteiger partial charge in [0, 0.05) is 11.6 Å². The molecule has 0 atom stereocenters. The number of carbonyl (C=O) groups is 2. The van der Waals surface area contributed by atoms with Crippen LogP contribution in [-0.4, -0.2) is 27.6 Å². The lowest BCUT2D eigenvalue weighted by Gasteiger charge is -2.08. The van der Waals surface area contributed by atoms with Gasteiger partial charge in [0.05, 0.1) is 0 Å². The summed E-state index contributed by atoms with van der Waals surface area (Å²) in [6.45, 7) is 3.62. The summed E-state index contributed by atoms with van der Waals surface area (Å²) in [7, 11) is 0. The topological polar surface area (TPSA) is 116 Å². The van der Waals surface area contributed by atoms with E-state index in [0.717, 1.165) is 4.68 Å². The molecule has 110 valence electrons. The minimum atomic E-state index is -0.452. The first-order chi connectivity index (χ1) is 9.91. The molecule has 0 fully saturated rings. The number of hydrogen-bond acceptors (Lipinski definition) is 5. The summed E-state index contributed by atoms with van der Waals surface area (Å²) >= 11 is 0. The lowest BCUT2D eigenvalue weighted by Crippen LogP contribution is -2.31. The van der Waals surface area contributed by atoms with Gasteiger partial charge in [-0.05, 0) is 26.0 Å². The molecular formula is C14H17N5O2. The standard InChI is InChI=1S/C14H17N5O2/c1-8(2)17-13(20)10-11(15)18-19(12(10)16)14(21)9-6-4-3-5-7-9/h3-8H,16H2,1-2H3,(H2,15,18)(H,17,20). The van der Waals surface area contributed by atoms with Crippen LogP contribution in [-0.2, 0) is 0 Å². The van der Waals surface area contributed by atoms with Crippen molar-refractivity contribution in [3.8, 4) is 0 Å². The van der Waals surface area contributed by atoms with Crippen molar-refractivity contribution in [1.82, 2.24) is 15.1 Å². The highest BCUT2D eigenvalue weighted by Crippen LogP contribution is 2.20. The van der Waals surface area contributed by atoms with E-state index in [-0.39, 0.29) is 23.2 Å². The van der Waals surface area contributed by atoms with Crippen LogP contribution in [0.5, 0.6) is 0 Å². The molecule has 0 saturated carbocycles. The number of nitrogens with zero attached hydrogens (tertiary/aromatic N) is 2. The molecule has 1 aromatic heterocycles. The number of anilines is 2. The number of nitrogens with one attached hydrogen (secondary N) is 1. The Morgan fingerprint density at radius 1 is 1.19 bits per heavy atom. The van der Waals surface area contributed by atoms with Crippen LogP contribution in [0.2, 0.25) is 0 Å². The zero-order valence-corrected chi connectivity index (χ0v) is 11.8. The van der Waals surface area contributed by atoms with Crippen LogP contribution < -0.4 is 16.8 Å². The average molecular weight is 287 g/mol. The maximum atomic E-state index is 12.3. The Morgan fingerprint density at radius 3 is 2.38 bits per heavy atom. The van der Waals surface area contributed by atoms with Crippen LogP contribution in [0.3, 0.4) is 0 Å². The van der Waals surface area contributed by atoms with Gasteiger partial charge in [-0.3, -0.25) is 9.59 Å². The number of amides is 1. The van der Waals surface area contributed by atoms with Gasteiger partial charge in [-0.25, -0.2) is 0 Å². The van der Waals surface area contributed by atoms with Crippen molar-refractivity contribution in [3.05, 3.63) is 41.5 Å². The van der Waals surface area contributed by atoms with Gasteiger partial charge in [-0.1, -0.05) is 18.2 Å². The summed E-state index contributed by atoms with van der Waals surface area (Å²) in [5.41, 5.74) is 12.0. The van der Waals surface area contributed by atoms with Crippen LogP contribution in [0.25, 0.3) is 0 Å². The number of rotatable bonds is 3. The number of nitrogens with two attached hydrogens (primary N) is 2.